The summed E-state index contributed by atoms with van der Waals surface area (Å²) in [7, 11) is 1.24. The number of amides is 1. The van der Waals surface area contributed by atoms with Crippen LogP contribution in [0.25, 0.3) is 0 Å². The first-order valence-corrected chi connectivity index (χ1v) is 6.23. The Morgan fingerprint density at radius 2 is 2.11 bits per heavy atom. The summed E-state index contributed by atoms with van der Waals surface area (Å²) in [6.07, 6.45) is 0. The van der Waals surface area contributed by atoms with Crippen LogP contribution in [0.2, 0.25) is 4.34 Å². The standard InChI is InChI=1S/C8H6Cl3N3O3S/c1-3(15)14(11)8-12-5(7(10)18-8)4(6(9)16)13-17-2/h1-2H3/b13-4-. The lowest BCUT2D eigenvalue weighted by molar-refractivity contribution is -0.115. The Morgan fingerprint density at radius 1 is 1.50 bits per heavy atom. The number of thiazole rings is 1. The van der Waals surface area contributed by atoms with E-state index in [0.717, 1.165) is 15.8 Å². The Hall–Kier alpha value is -0.890. The topological polar surface area (TPSA) is 71.9 Å². The van der Waals surface area contributed by atoms with Crippen LogP contribution >= 0.6 is 46.3 Å². The van der Waals surface area contributed by atoms with E-state index in [2.05, 4.69) is 15.0 Å². The lowest BCUT2D eigenvalue weighted by atomic mass is 10.3. The monoisotopic (exact) mass is 329 g/mol. The summed E-state index contributed by atoms with van der Waals surface area (Å²) in [5.74, 6) is -0.448. The Bertz CT molecular complexity index is 517. The van der Waals surface area contributed by atoms with Crippen LogP contribution in [-0.2, 0) is 14.4 Å². The van der Waals surface area contributed by atoms with Crippen LogP contribution in [0.15, 0.2) is 5.16 Å². The molecule has 0 atom stereocenters. The fourth-order valence-electron chi connectivity index (χ4n) is 0.919. The van der Waals surface area contributed by atoms with Crippen LogP contribution < -0.4 is 4.42 Å². The van der Waals surface area contributed by atoms with Gasteiger partial charge < -0.3 is 4.84 Å². The van der Waals surface area contributed by atoms with Gasteiger partial charge in [-0.05, 0) is 11.6 Å². The molecule has 1 aromatic rings. The van der Waals surface area contributed by atoms with E-state index in [-0.39, 0.29) is 20.9 Å². The van der Waals surface area contributed by atoms with Gasteiger partial charge in [0.2, 0.25) is 11.0 Å². The van der Waals surface area contributed by atoms with E-state index >= 15 is 0 Å². The van der Waals surface area contributed by atoms with E-state index in [0.29, 0.717) is 0 Å². The molecule has 1 heterocycles. The van der Waals surface area contributed by atoms with Gasteiger partial charge in [0.05, 0.1) is 0 Å². The zero-order valence-corrected chi connectivity index (χ0v) is 12.2. The maximum absolute atomic E-state index is 11.1. The van der Waals surface area contributed by atoms with E-state index in [1.807, 2.05) is 0 Å². The molecule has 0 saturated heterocycles. The first-order valence-electron chi connectivity index (χ1n) is 4.32. The molecule has 1 rings (SSSR count). The number of halogens is 3. The second-order valence-corrected chi connectivity index (χ2v) is 5.08. The summed E-state index contributed by atoms with van der Waals surface area (Å²) in [5, 5.41) is 2.63. The van der Waals surface area contributed by atoms with E-state index in [1.54, 1.807) is 0 Å². The van der Waals surface area contributed by atoms with E-state index in [4.69, 9.17) is 35.0 Å². The van der Waals surface area contributed by atoms with Crippen molar-refractivity contribution >= 4 is 68.3 Å². The van der Waals surface area contributed by atoms with Gasteiger partial charge in [0.25, 0.3) is 5.24 Å². The number of rotatable bonds is 4. The van der Waals surface area contributed by atoms with Gasteiger partial charge in [-0.15, -0.1) is 0 Å². The van der Waals surface area contributed by atoms with Crippen LogP contribution in [0.1, 0.15) is 12.6 Å². The average molecular weight is 331 g/mol. The van der Waals surface area contributed by atoms with Crippen molar-refractivity contribution in [3.63, 3.8) is 0 Å². The van der Waals surface area contributed by atoms with Crippen molar-refractivity contribution in [2.45, 2.75) is 6.92 Å². The number of hydrogen-bond acceptors (Lipinski definition) is 6. The molecule has 0 fully saturated rings. The van der Waals surface area contributed by atoms with Gasteiger partial charge in [0.1, 0.15) is 17.1 Å². The van der Waals surface area contributed by atoms with Crippen LogP contribution in [0.3, 0.4) is 0 Å². The van der Waals surface area contributed by atoms with E-state index < -0.39 is 11.1 Å². The highest BCUT2D eigenvalue weighted by Crippen LogP contribution is 2.32. The minimum atomic E-state index is -0.889. The molecule has 98 valence electrons. The highest BCUT2D eigenvalue weighted by molar-refractivity contribution is 7.20. The molecule has 0 bridgehead atoms. The summed E-state index contributed by atoms with van der Waals surface area (Å²) < 4.78 is 0.880. The third-order valence-corrected chi connectivity index (χ3v) is 3.53. The molecule has 0 radical (unpaired) electrons. The van der Waals surface area contributed by atoms with Gasteiger partial charge in [-0.2, -0.15) is 4.42 Å². The zero-order valence-electron chi connectivity index (χ0n) is 9.11. The van der Waals surface area contributed by atoms with Gasteiger partial charge in [-0.25, -0.2) is 4.98 Å². The summed E-state index contributed by atoms with van der Waals surface area (Å²) in [4.78, 5) is 30.6. The number of oxime groups is 1. The first kappa shape index (κ1) is 15.2. The lowest BCUT2D eigenvalue weighted by Crippen LogP contribution is -2.17. The highest BCUT2D eigenvalue weighted by Gasteiger charge is 2.24. The largest absolute Gasteiger partial charge is 0.398 e. The summed E-state index contributed by atoms with van der Waals surface area (Å²) in [5.41, 5.74) is -0.259. The minimum Gasteiger partial charge on any atom is -0.398 e. The lowest BCUT2D eigenvalue weighted by Gasteiger charge is -2.04. The molecule has 0 N–H and O–H groups in total. The molecule has 10 heteroatoms. The predicted octanol–water partition coefficient (Wildman–Crippen LogP) is 2.42. The molecule has 1 amide bonds. The van der Waals surface area contributed by atoms with Gasteiger partial charge in [-0.1, -0.05) is 28.1 Å². The maximum Gasteiger partial charge on any atom is 0.276 e. The third-order valence-electron chi connectivity index (χ3n) is 1.61. The average Bonchev–Trinajstić information content (AvgIpc) is 2.66. The van der Waals surface area contributed by atoms with Gasteiger partial charge in [0.15, 0.2) is 5.71 Å². The molecule has 0 unspecified atom stereocenters. The van der Waals surface area contributed by atoms with Crippen molar-refractivity contribution < 1.29 is 14.4 Å². The number of carbonyl (C=O) groups excluding carboxylic acids is 2. The normalized spacial score (nSPS) is 11.3. The van der Waals surface area contributed by atoms with Gasteiger partial charge >= 0.3 is 0 Å². The predicted molar refractivity (Wildman–Crippen MR) is 70.5 cm³/mol. The molecule has 18 heavy (non-hydrogen) atoms. The third kappa shape index (κ3) is 3.32. The molecule has 1 aromatic heterocycles. The molecule has 0 aliphatic heterocycles. The van der Waals surface area contributed by atoms with Crippen LogP contribution in [0.4, 0.5) is 5.13 Å². The zero-order chi connectivity index (χ0) is 13.9. The summed E-state index contributed by atoms with van der Waals surface area (Å²) in [6.45, 7) is 1.25. The smallest absolute Gasteiger partial charge is 0.276 e. The quantitative estimate of drug-likeness (QED) is 0.368. The van der Waals surface area contributed by atoms with Gasteiger partial charge in [0, 0.05) is 18.7 Å². The molecule has 0 saturated carbocycles. The number of carbonyl (C=O) groups is 2. The fourth-order valence-corrected chi connectivity index (χ4v) is 2.27. The number of nitrogens with zero attached hydrogens (tertiary/aromatic N) is 3. The molecule has 0 aliphatic rings. The Labute approximate surface area is 121 Å². The second kappa shape index (κ2) is 6.33. The molecule has 6 nitrogen and oxygen atoms in total. The van der Waals surface area contributed by atoms with E-state index in [1.165, 1.54) is 14.0 Å². The SMILES string of the molecule is CO/N=C(\C(=O)Cl)c1nc(N(Cl)C(C)=O)sc1Cl. The van der Waals surface area contributed by atoms with Crippen molar-refractivity contribution in [1.82, 2.24) is 4.98 Å². The fraction of sp³-hybridized carbons (Fsp3) is 0.250. The summed E-state index contributed by atoms with van der Waals surface area (Å²) >= 11 is 17.8. The molecular formula is C8H6Cl3N3O3S. The molecule has 0 aromatic carbocycles. The van der Waals surface area contributed by atoms with Crippen molar-refractivity contribution in [3.05, 3.63) is 10.0 Å². The van der Waals surface area contributed by atoms with E-state index in [9.17, 15) is 9.59 Å². The molecule has 0 aliphatic carbocycles. The Morgan fingerprint density at radius 3 is 2.56 bits per heavy atom. The number of aromatic nitrogens is 1. The Balaban J connectivity index is 3.22. The van der Waals surface area contributed by atoms with Gasteiger partial charge in [-0.3, -0.25) is 9.59 Å². The first-order chi connectivity index (χ1) is 8.38. The minimum absolute atomic E-state index is 0.00502. The maximum atomic E-state index is 11.1. The highest BCUT2D eigenvalue weighted by atomic mass is 35.5. The van der Waals surface area contributed by atoms with Crippen molar-refractivity contribution in [3.8, 4) is 0 Å². The Kier molecular flexibility index (Phi) is 5.33. The van der Waals surface area contributed by atoms with Crippen LogP contribution in [0.5, 0.6) is 0 Å². The van der Waals surface area contributed by atoms with Crippen LogP contribution in [0, 0.1) is 0 Å². The second-order valence-electron chi connectivity index (χ2n) is 2.81. The van der Waals surface area contributed by atoms with Crippen molar-refractivity contribution in [2.24, 2.45) is 5.16 Å². The van der Waals surface area contributed by atoms with Crippen LogP contribution in [-0.4, -0.2) is 29.0 Å². The van der Waals surface area contributed by atoms with Crippen molar-refractivity contribution in [1.29, 1.82) is 0 Å². The molecular weight excluding hydrogens is 325 g/mol. The van der Waals surface area contributed by atoms with Crippen molar-refractivity contribution in [2.75, 3.05) is 11.5 Å². The molecule has 0 spiro atoms. The summed E-state index contributed by atoms with van der Waals surface area (Å²) in [6, 6.07) is 0. The number of hydrogen-bond donors (Lipinski definition) is 0. The number of anilines is 1.